The zero-order valence-electron chi connectivity index (χ0n) is 15.8. The molecule has 0 bridgehead atoms. The van der Waals surface area contributed by atoms with Crippen LogP contribution < -0.4 is 10.1 Å². The van der Waals surface area contributed by atoms with Crippen LogP contribution in [0.1, 0.15) is 6.92 Å². The summed E-state index contributed by atoms with van der Waals surface area (Å²) in [5.74, 6) is 0.819. The van der Waals surface area contributed by atoms with Gasteiger partial charge >= 0.3 is 0 Å². The summed E-state index contributed by atoms with van der Waals surface area (Å²) in [6.07, 6.45) is 3.86. The van der Waals surface area contributed by atoms with Crippen LogP contribution in [-0.4, -0.2) is 31.8 Å². The molecule has 1 unspecified atom stereocenters. The van der Waals surface area contributed by atoms with Crippen LogP contribution in [0.3, 0.4) is 0 Å². The van der Waals surface area contributed by atoms with Crippen molar-refractivity contribution in [1.29, 1.82) is 0 Å². The van der Waals surface area contributed by atoms with E-state index in [1.54, 1.807) is 25.3 Å². The zero-order chi connectivity index (χ0) is 20.1. The number of amides is 1. The minimum Gasteiger partial charge on any atom is -0.481 e. The Kier molecular flexibility index (Phi) is 5.29. The molecule has 0 aliphatic heterocycles. The van der Waals surface area contributed by atoms with Crippen LogP contribution in [0.5, 0.6) is 5.75 Å². The van der Waals surface area contributed by atoms with E-state index in [2.05, 4.69) is 20.4 Å². The smallest absolute Gasteiger partial charge is 0.265 e. The van der Waals surface area contributed by atoms with E-state index in [9.17, 15) is 4.79 Å². The molecule has 1 N–H and O–H groups in total. The minimum atomic E-state index is -0.693. The van der Waals surface area contributed by atoms with Crippen molar-refractivity contribution < 1.29 is 9.53 Å². The molecule has 144 valence electrons. The Morgan fingerprint density at radius 2 is 1.76 bits per heavy atom. The number of carbonyl (C=O) groups is 1. The molecule has 7 heteroatoms. The number of hydrogen-bond acceptors (Lipinski definition) is 5. The number of pyridine rings is 1. The van der Waals surface area contributed by atoms with Crippen LogP contribution in [0.2, 0.25) is 0 Å². The highest BCUT2D eigenvalue weighted by Crippen LogP contribution is 2.23. The van der Waals surface area contributed by atoms with Gasteiger partial charge in [0.1, 0.15) is 18.4 Å². The number of carbonyl (C=O) groups excluding carboxylic acids is 1. The van der Waals surface area contributed by atoms with Gasteiger partial charge in [0.2, 0.25) is 0 Å². The van der Waals surface area contributed by atoms with Crippen molar-refractivity contribution in [2.75, 3.05) is 5.32 Å². The molecule has 2 aromatic heterocycles. The molecule has 1 atom stereocenters. The Morgan fingerprint density at radius 1 is 1.00 bits per heavy atom. The van der Waals surface area contributed by atoms with Gasteiger partial charge in [-0.25, -0.2) is 14.6 Å². The van der Waals surface area contributed by atoms with E-state index in [4.69, 9.17) is 4.74 Å². The Hall–Kier alpha value is -4.00. The number of hydrogen-bond donors (Lipinski definition) is 1. The maximum absolute atomic E-state index is 12.6. The number of nitrogens with one attached hydrogen (secondary N) is 1. The van der Waals surface area contributed by atoms with Gasteiger partial charge in [0.05, 0.1) is 5.69 Å². The Morgan fingerprint density at radius 3 is 2.48 bits per heavy atom. The molecule has 4 rings (SSSR count). The molecule has 0 radical (unpaired) electrons. The number of anilines is 1. The molecular weight excluding hydrogens is 366 g/mol. The lowest BCUT2D eigenvalue weighted by Crippen LogP contribution is -2.30. The predicted octanol–water partition coefficient (Wildman–Crippen LogP) is 3.74. The second-order valence-electron chi connectivity index (χ2n) is 6.35. The molecule has 2 aromatic carbocycles. The first-order valence-electron chi connectivity index (χ1n) is 9.14. The largest absolute Gasteiger partial charge is 0.481 e. The molecule has 0 aliphatic carbocycles. The third kappa shape index (κ3) is 4.30. The molecule has 1 amide bonds. The number of rotatable bonds is 6. The third-order valence-corrected chi connectivity index (χ3v) is 4.32. The molecule has 2 heterocycles. The molecule has 0 saturated carbocycles. The lowest BCUT2D eigenvalue weighted by Gasteiger charge is -2.16. The number of aromatic nitrogens is 4. The summed E-state index contributed by atoms with van der Waals surface area (Å²) >= 11 is 0. The highest BCUT2D eigenvalue weighted by Gasteiger charge is 2.17. The Labute approximate surface area is 168 Å². The van der Waals surface area contributed by atoms with Gasteiger partial charge in [-0.1, -0.05) is 42.5 Å². The molecular formula is C22H19N5O2. The van der Waals surface area contributed by atoms with Crippen molar-refractivity contribution >= 4 is 11.6 Å². The van der Waals surface area contributed by atoms with Gasteiger partial charge in [-0.2, -0.15) is 5.10 Å². The molecule has 7 nitrogen and oxygen atoms in total. The number of ether oxygens (including phenoxy) is 1. The van der Waals surface area contributed by atoms with Gasteiger partial charge in [-0.15, -0.1) is 0 Å². The summed E-state index contributed by atoms with van der Waals surface area (Å²) in [7, 11) is 0. The fraction of sp³-hybridized carbons (Fsp3) is 0.0909. The summed E-state index contributed by atoms with van der Waals surface area (Å²) < 4.78 is 7.29. The standard InChI is InChI=1S/C22H19N5O2/c1-16(29-19-11-9-18(10-12-19)17-6-3-2-4-7-17)22(28)26-20-8-5-13-24-21(20)27-15-23-14-25-27/h2-16H,1H3,(H,26,28). The first-order valence-corrected chi connectivity index (χ1v) is 9.14. The van der Waals surface area contributed by atoms with Crippen molar-refractivity contribution in [1.82, 2.24) is 19.7 Å². The molecule has 0 fully saturated rings. The summed E-state index contributed by atoms with van der Waals surface area (Å²) in [4.78, 5) is 20.8. The van der Waals surface area contributed by atoms with Gasteiger partial charge in [-0.05, 0) is 42.3 Å². The second-order valence-corrected chi connectivity index (χ2v) is 6.35. The minimum absolute atomic E-state index is 0.286. The van der Waals surface area contributed by atoms with E-state index in [-0.39, 0.29) is 5.91 Å². The van der Waals surface area contributed by atoms with E-state index in [0.29, 0.717) is 17.3 Å². The van der Waals surface area contributed by atoms with Crippen LogP contribution in [0.15, 0.2) is 85.6 Å². The zero-order valence-corrected chi connectivity index (χ0v) is 15.8. The quantitative estimate of drug-likeness (QED) is 0.547. The van der Waals surface area contributed by atoms with Gasteiger partial charge in [0.25, 0.3) is 5.91 Å². The van der Waals surface area contributed by atoms with Gasteiger partial charge in [0.15, 0.2) is 11.9 Å². The predicted molar refractivity (Wildman–Crippen MR) is 110 cm³/mol. The molecule has 0 spiro atoms. The van der Waals surface area contributed by atoms with E-state index in [1.165, 1.54) is 17.3 Å². The molecule has 0 saturated heterocycles. The summed E-state index contributed by atoms with van der Waals surface area (Å²) in [5, 5.41) is 6.90. The maximum Gasteiger partial charge on any atom is 0.265 e. The van der Waals surface area contributed by atoms with Gasteiger partial charge in [0, 0.05) is 6.20 Å². The van der Waals surface area contributed by atoms with Crippen LogP contribution in [0.25, 0.3) is 16.9 Å². The van der Waals surface area contributed by atoms with E-state index >= 15 is 0 Å². The van der Waals surface area contributed by atoms with E-state index in [1.807, 2.05) is 54.6 Å². The molecule has 4 aromatic rings. The molecule has 29 heavy (non-hydrogen) atoms. The first kappa shape index (κ1) is 18.4. The second kappa shape index (κ2) is 8.35. The topological polar surface area (TPSA) is 81.9 Å². The van der Waals surface area contributed by atoms with Crippen molar-refractivity contribution in [3.8, 4) is 22.7 Å². The third-order valence-electron chi connectivity index (χ3n) is 4.32. The van der Waals surface area contributed by atoms with Crippen molar-refractivity contribution in [2.45, 2.75) is 13.0 Å². The van der Waals surface area contributed by atoms with Crippen LogP contribution >= 0.6 is 0 Å². The maximum atomic E-state index is 12.6. The monoisotopic (exact) mass is 385 g/mol. The summed E-state index contributed by atoms with van der Waals surface area (Å²) in [6, 6.07) is 21.2. The van der Waals surface area contributed by atoms with Crippen LogP contribution in [-0.2, 0) is 4.79 Å². The fourth-order valence-electron chi connectivity index (χ4n) is 2.84. The average molecular weight is 385 g/mol. The fourth-order valence-corrected chi connectivity index (χ4v) is 2.84. The number of benzene rings is 2. The van der Waals surface area contributed by atoms with Crippen LogP contribution in [0, 0.1) is 0 Å². The highest BCUT2D eigenvalue weighted by molar-refractivity contribution is 5.95. The van der Waals surface area contributed by atoms with Crippen molar-refractivity contribution in [3.05, 3.63) is 85.6 Å². The normalized spacial score (nSPS) is 11.6. The summed E-state index contributed by atoms with van der Waals surface area (Å²) in [5.41, 5.74) is 2.74. The molecule has 0 aliphatic rings. The Bertz CT molecular complexity index is 1080. The first-order chi connectivity index (χ1) is 14.2. The number of nitrogens with zero attached hydrogens (tertiary/aromatic N) is 4. The highest BCUT2D eigenvalue weighted by atomic mass is 16.5. The summed E-state index contributed by atoms with van der Waals surface area (Å²) in [6.45, 7) is 1.70. The van der Waals surface area contributed by atoms with Crippen molar-refractivity contribution in [3.63, 3.8) is 0 Å². The van der Waals surface area contributed by atoms with Gasteiger partial charge in [-0.3, -0.25) is 4.79 Å². The Balaban J connectivity index is 1.43. The lowest BCUT2D eigenvalue weighted by molar-refractivity contribution is -0.122. The van der Waals surface area contributed by atoms with Crippen LogP contribution in [0.4, 0.5) is 5.69 Å². The van der Waals surface area contributed by atoms with E-state index in [0.717, 1.165) is 11.1 Å². The van der Waals surface area contributed by atoms with Gasteiger partial charge < -0.3 is 10.1 Å². The average Bonchev–Trinajstić information content (AvgIpc) is 3.30. The lowest BCUT2D eigenvalue weighted by atomic mass is 10.1. The SMILES string of the molecule is CC(Oc1ccc(-c2ccccc2)cc1)C(=O)Nc1cccnc1-n1cncn1. The van der Waals surface area contributed by atoms with E-state index < -0.39 is 6.10 Å². The van der Waals surface area contributed by atoms with Crippen molar-refractivity contribution in [2.24, 2.45) is 0 Å².